The number of carboxylic acids is 1. The van der Waals surface area contributed by atoms with Crippen LogP contribution in [0.25, 0.3) is 0 Å². The van der Waals surface area contributed by atoms with Gasteiger partial charge >= 0.3 is 11.9 Å². The molecule has 0 aromatic carbocycles. The molecule has 0 unspecified atom stereocenters. The maximum absolute atomic E-state index is 12.9. The summed E-state index contributed by atoms with van der Waals surface area (Å²) in [7, 11) is 1.17. The fraction of sp³-hybridized carbons (Fsp3) is 0.889. The van der Waals surface area contributed by atoms with Gasteiger partial charge in [-0.15, -0.1) is 0 Å². The number of esters is 1. The lowest BCUT2D eigenvalue weighted by molar-refractivity contribution is -0.324. The largest absolute Gasteiger partial charge is 0.481 e. The summed E-state index contributed by atoms with van der Waals surface area (Å²) in [5.41, 5.74) is -0.990. The molecule has 0 amide bonds. The van der Waals surface area contributed by atoms with Gasteiger partial charge in [-0.3, -0.25) is 4.79 Å². The van der Waals surface area contributed by atoms with Crippen LogP contribution in [-0.2, 0) is 23.8 Å². The number of fused-ring (bicyclic) bond motifs is 7. The second-order valence-corrected chi connectivity index (χ2v) is 17.4. The van der Waals surface area contributed by atoms with Gasteiger partial charge in [-0.25, -0.2) is 4.79 Å². The summed E-state index contributed by atoms with van der Waals surface area (Å²) in [6, 6.07) is 0. The fourth-order valence-corrected chi connectivity index (χ4v) is 12.1. The van der Waals surface area contributed by atoms with Crippen molar-refractivity contribution < 1.29 is 49.3 Å². The number of allylic oxidation sites excluding steroid dienone is 2. The van der Waals surface area contributed by atoms with Crippen LogP contribution in [0.15, 0.2) is 11.6 Å². The van der Waals surface area contributed by atoms with Crippen molar-refractivity contribution >= 4 is 11.9 Å². The molecule has 1 aliphatic heterocycles. The number of methoxy groups -OCH3 is 1. The third kappa shape index (κ3) is 4.63. The smallest absolute Gasteiger partial charge is 0.337 e. The summed E-state index contributed by atoms with van der Waals surface area (Å²) < 4.78 is 16.9. The van der Waals surface area contributed by atoms with Gasteiger partial charge in [0.2, 0.25) is 0 Å². The van der Waals surface area contributed by atoms with E-state index >= 15 is 0 Å². The summed E-state index contributed by atoms with van der Waals surface area (Å²) in [5, 5.41) is 53.4. The van der Waals surface area contributed by atoms with E-state index in [0.717, 1.165) is 32.1 Å². The molecule has 1 heterocycles. The van der Waals surface area contributed by atoms with Crippen LogP contribution in [0.3, 0.4) is 0 Å². The minimum Gasteiger partial charge on any atom is -0.481 e. The van der Waals surface area contributed by atoms with Gasteiger partial charge in [-0.2, -0.15) is 0 Å². The van der Waals surface area contributed by atoms with Crippen LogP contribution in [0.2, 0.25) is 0 Å². The third-order valence-corrected chi connectivity index (χ3v) is 15.1. The number of rotatable bonds is 4. The molecule has 6 aliphatic rings. The summed E-state index contributed by atoms with van der Waals surface area (Å²) in [4.78, 5) is 25.1. The lowest BCUT2D eigenvalue weighted by atomic mass is 9.33. The van der Waals surface area contributed by atoms with E-state index in [0.29, 0.717) is 38.0 Å². The lowest BCUT2D eigenvalue weighted by Gasteiger charge is -2.71. The van der Waals surface area contributed by atoms with Crippen LogP contribution < -0.4 is 0 Å². The molecule has 0 bridgehead atoms. The van der Waals surface area contributed by atoms with E-state index in [1.165, 1.54) is 12.7 Å². The first-order chi connectivity index (χ1) is 21.3. The number of hydrogen-bond donors (Lipinski definition) is 5. The molecule has 6 rings (SSSR count). The zero-order valence-electron chi connectivity index (χ0n) is 28.6. The number of aliphatic carboxylic acids is 1. The van der Waals surface area contributed by atoms with E-state index < -0.39 is 53.7 Å². The van der Waals surface area contributed by atoms with Crippen molar-refractivity contribution in [2.75, 3.05) is 7.11 Å². The monoisotopic (exact) mass is 648 g/mol. The van der Waals surface area contributed by atoms with Crippen LogP contribution in [-0.4, -0.2) is 87.0 Å². The Morgan fingerprint density at radius 3 is 2.20 bits per heavy atom. The molecule has 0 radical (unpaired) electrons. The highest BCUT2D eigenvalue weighted by atomic mass is 16.7. The van der Waals surface area contributed by atoms with Gasteiger partial charge in [0.05, 0.1) is 24.2 Å². The van der Waals surface area contributed by atoms with Crippen LogP contribution in [0.4, 0.5) is 0 Å². The maximum atomic E-state index is 12.9. The first-order valence-electron chi connectivity index (χ1n) is 17.4. The summed E-state index contributed by atoms with van der Waals surface area (Å²) >= 11 is 0. The summed E-state index contributed by atoms with van der Waals surface area (Å²) in [6.45, 7) is 13.5. The zero-order chi connectivity index (χ0) is 33.8. The van der Waals surface area contributed by atoms with Gasteiger partial charge in [0.1, 0.15) is 18.3 Å². The zero-order valence-corrected chi connectivity index (χ0v) is 28.6. The average molecular weight is 649 g/mol. The molecule has 14 atom stereocenters. The second-order valence-electron chi connectivity index (χ2n) is 17.4. The Kier molecular flexibility index (Phi) is 8.18. The molecule has 0 aromatic heterocycles. The molecule has 10 nitrogen and oxygen atoms in total. The molecule has 10 heteroatoms. The average Bonchev–Trinajstić information content (AvgIpc) is 2.98. The number of aliphatic hydroxyl groups excluding tert-OH is 3. The van der Waals surface area contributed by atoms with Gasteiger partial charge in [-0.1, -0.05) is 46.3 Å². The topological polar surface area (TPSA) is 163 Å². The lowest BCUT2D eigenvalue weighted by Crippen LogP contribution is -2.66. The van der Waals surface area contributed by atoms with Crippen molar-refractivity contribution in [3.63, 3.8) is 0 Å². The predicted molar refractivity (Wildman–Crippen MR) is 167 cm³/mol. The number of aliphatic hydroxyl groups is 4. The SMILES string of the molecule is COC(=O)[C@H]1O[C@@H](O[C@H]2CC[C@]3(C)[C@H]4CC=C5[C@@H]6C[C@@](C)(O)CC[C@]6(C(=O)O)CC[C@@]5(C)[C@]4(C)CC[C@H]3C2(C)C)[C@H](O)[C@@H](O)[C@@H]1O. The molecule has 1 saturated heterocycles. The van der Waals surface area contributed by atoms with Gasteiger partial charge in [0.15, 0.2) is 12.4 Å². The van der Waals surface area contributed by atoms with Gasteiger partial charge in [0, 0.05) is 0 Å². The predicted octanol–water partition coefficient (Wildman–Crippen LogP) is 3.96. The minimum atomic E-state index is -1.63. The maximum Gasteiger partial charge on any atom is 0.337 e. The normalized spacial score (nSPS) is 53.0. The Hall–Kier alpha value is -1.56. The number of ether oxygens (including phenoxy) is 3. The Morgan fingerprint density at radius 1 is 0.870 bits per heavy atom. The van der Waals surface area contributed by atoms with Gasteiger partial charge < -0.3 is 39.7 Å². The fourth-order valence-electron chi connectivity index (χ4n) is 12.1. The van der Waals surface area contributed by atoms with Crippen molar-refractivity contribution in [1.82, 2.24) is 0 Å². The standard InChI is InChI=1S/C36H56O10/c1-31(2)21-10-13-35(6)22(9-8-19-20-18-32(3,43)14-16-36(20,30(41)42)17-15-34(19,35)5)33(21,4)12-11-23(31)45-29-26(39)24(37)25(38)27(46-29)28(40)44-7/h8,20-27,29,37-39,43H,9-18H2,1-7H3,(H,41,42)/t20-,21-,22+,23-,24-,25-,26+,27-,29+,32-,33-,34+,35+,36-/m0/s1. The van der Waals surface area contributed by atoms with Crippen LogP contribution in [0.1, 0.15) is 106 Å². The Morgan fingerprint density at radius 2 is 1.54 bits per heavy atom. The van der Waals surface area contributed by atoms with E-state index in [9.17, 15) is 35.1 Å². The Balaban J connectivity index is 1.28. The van der Waals surface area contributed by atoms with Crippen molar-refractivity contribution in [2.24, 2.45) is 44.8 Å². The molecule has 0 aromatic rings. The molecule has 4 saturated carbocycles. The van der Waals surface area contributed by atoms with Gasteiger partial charge in [0.25, 0.3) is 0 Å². The third-order valence-electron chi connectivity index (χ3n) is 15.1. The highest BCUT2D eigenvalue weighted by Gasteiger charge is 2.69. The van der Waals surface area contributed by atoms with Crippen molar-refractivity contribution in [3.8, 4) is 0 Å². The highest BCUT2D eigenvalue weighted by molar-refractivity contribution is 5.77. The number of carbonyl (C=O) groups excluding carboxylic acids is 1. The number of carbonyl (C=O) groups is 2. The molecule has 5 N–H and O–H groups in total. The molecule has 0 spiro atoms. The Labute approximate surface area is 272 Å². The van der Waals surface area contributed by atoms with Crippen molar-refractivity contribution in [1.29, 1.82) is 0 Å². The van der Waals surface area contributed by atoms with Crippen LogP contribution >= 0.6 is 0 Å². The molecule has 5 fully saturated rings. The van der Waals surface area contributed by atoms with E-state index in [-0.39, 0.29) is 39.6 Å². The quantitative estimate of drug-likeness (QED) is 0.171. The second kappa shape index (κ2) is 11.0. The molecular formula is C36H56O10. The van der Waals surface area contributed by atoms with Gasteiger partial charge in [-0.05, 0) is 111 Å². The van der Waals surface area contributed by atoms with E-state index in [1.54, 1.807) is 0 Å². The summed E-state index contributed by atoms with van der Waals surface area (Å²) in [5.74, 6) is -1.08. The van der Waals surface area contributed by atoms with E-state index in [1.807, 2.05) is 6.92 Å². The Bertz CT molecular complexity index is 1280. The number of carboxylic acid groups (broad SMARTS) is 1. The molecular weight excluding hydrogens is 592 g/mol. The molecule has 260 valence electrons. The van der Waals surface area contributed by atoms with E-state index in [2.05, 4.69) is 40.7 Å². The van der Waals surface area contributed by atoms with Crippen LogP contribution in [0.5, 0.6) is 0 Å². The van der Waals surface area contributed by atoms with E-state index in [4.69, 9.17) is 14.2 Å². The highest BCUT2D eigenvalue weighted by Crippen LogP contribution is 2.75. The molecule has 46 heavy (non-hydrogen) atoms. The number of hydrogen-bond acceptors (Lipinski definition) is 9. The van der Waals surface area contributed by atoms with Crippen molar-refractivity contribution in [2.45, 2.75) is 148 Å². The summed E-state index contributed by atoms with van der Waals surface area (Å²) in [6.07, 6.45) is 1.91. The minimum absolute atomic E-state index is 0.0307. The van der Waals surface area contributed by atoms with Crippen LogP contribution in [0, 0.1) is 44.8 Å². The first kappa shape index (κ1) is 34.3. The first-order valence-corrected chi connectivity index (χ1v) is 17.4. The van der Waals surface area contributed by atoms with Crippen molar-refractivity contribution in [3.05, 3.63) is 11.6 Å². The molecule has 5 aliphatic carbocycles.